The summed E-state index contributed by atoms with van der Waals surface area (Å²) in [5.41, 5.74) is -4.63. The van der Waals surface area contributed by atoms with Crippen molar-refractivity contribution in [1.82, 2.24) is 57.2 Å². The molecule has 470 valence electrons. The third-order valence-corrected chi connectivity index (χ3v) is 15.3. The molecule has 2 aliphatic rings. The van der Waals surface area contributed by atoms with Gasteiger partial charge < -0.3 is 57.2 Å². The zero-order valence-electron chi connectivity index (χ0n) is 53.0. The average Bonchev–Trinajstić information content (AvgIpc) is 4.08. The van der Waals surface area contributed by atoms with Gasteiger partial charge in [0.25, 0.3) is 0 Å². The van der Waals surface area contributed by atoms with Crippen LogP contribution in [0.1, 0.15) is 225 Å². The SMILES string of the molecule is CCCCCCCC[C@@H](C(=O)N[C@@H](CC(C)C)C(=O)NC(C)(C)C(=O)N[C@@H](CC(C)C)C(=O)N[C@@H](CC(C)C)C(=O)NC(C)(C)C(=O)NC(C)(C)C(=O)NCCC(=O)NCCN1CCCCC1)N(C=O)[C@@H]1CCCN1C(=O)CCCCC. The third-order valence-electron chi connectivity index (χ3n) is 15.3. The van der Waals surface area contributed by atoms with E-state index in [1.165, 1.54) is 52.9 Å². The number of nitrogens with one attached hydrogen (secondary N) is 8. The smallest absolute Gasteiger partial charge is 0.246 e. The number of hydrogen-bond acceptors (Lipinski definition) is 11. The molecule has 2 heterocycles. The monoisotopic (exact) mass is 1160 g/mol. The fourth-order valence-corrected chi connectivity index (χ4v) is 10.4. The maximum absolute atomic E-state index is 14.6. The number of carbonyl (C=O) groups excluding carboxylic acids is 10. The van der Waals surface area contributed by atoms with Crippen LogP contribution in [0.25, 0.3) is 0 Å². The van der Waals surface area contributed by atoms with E-state index in [4.69, 9.17) is 0 Å². The van der Waals surface area contributed by atoms with Gasteiger partial charge in [-0.1, -0.05) is 113 Å². The van der Waals surface area contributed by atoms with E-state index in [-0.39, 0.29) is 61.8 Å². The lowest BCUT2D eigenvalue weighted by atomic mass is 9.96. The summed E-state index contributed by atoms with van der Waals surface area (Å²) in [6, 6.07) is -4.38. The van der Waals surface area contributed by atoms with Crippen molar-refractivity contribution in [3.8, 4) is 0 Å². The van der Waals surface area contributed by atoms with E-state index < -0.39 is 88.3 Å². The fourth-order valence-electron chi connectivity index (χ4n) is 10.4. The maximum Gasteiger partial charge on any atom is 0.246 e. The Morgan fingerprint density at radius 2 is 1.02 bits per heavy atom. The Morgan fingerprint density at radius 1 is 0.524 bits per heavy atom. The molecular weight excluding hydrogens is 1050 g/mol. The van der Waals surface area contributed by atoms with Gasteiger partial charge in [0.2, 0.25) is 59.6 Å². The molecule has 0 spiro atoms. The molecule has 2 aliphatic heterocycles. The van der Waals surface area contributed by atoms with Gasteiger partial charge in [0.05, 0.1) is 0 Å². The molecule has 0 aromatic rings. The molecule has 8 N–H and O–H groups in total. The van der Waals surface area contributed by atoms with Crippen molar-refractivity contribution in [3.05, 3.63) is 0 Å². The van der Waals surface area contributed by atoms with E-state index in [2.05, 4.69) is 61.3 Å². The summed E-state index contributed by atoms with van der Waals surface area (Å²) in [6.45, 7) is 28.3. The lowest BCUT2D eigenvalue weighted by Gasteiger charge is -2.38. The largest absolute Gasteiger partial charge is 0.355 e. The van der Waals surface area contributed by atoms with Gasteiger partial charge in [-0.2, -0.15) is 0 Å². The number of unbranched alkanes of at least 4 members (excludes halogenated alkanes) is 7. The number of nitrogens with zero attached hydrogens (tertiary/aromatic N) is 3. The van der Waals surface area contributed by atoms with Crippen LogP contribution in [-0.2, 0) is 47.9 Å². The van der Waals surface area contributed by atoms with E-state index in [1.807, 2.05) is 41.5 Å². The Bertz CT molecular complexity index is 2060. The van der Waals surface area contributed by atoms with Gasteiger partial charge in [-0.15, -0.1) is 0 Å². The molecule has 2 rings (SSSR count). The third kappa shape index (κ3) is 26.1. The molecule has 5 atom stereocenters. The molecule has 10 amide bonds. The van der Waals surface area contributed by atoms with Gasteiger partial charge in [0.15, 0.2) is 0 Å². The van der Waals surface area contributed by atoms with Gasteiger partial charge in [0.1, 0.15) is 46.9 Å². The van der Waals surface area contributed by atoms with Crippen LogP contribution in [0.15, 0.2) is 0 Å². The second-order valence-corrected chi connectivity index (χ2v) is 25.9. The van der Waals surface area contributed by atoms with Gasteiger partial charge in [-0.3, -0.25) is 47.9 Å². The summed E-state index contributed by atoms with van der Waals surface area (Å²) in [4.78, 5) is 143. The molecule has 2 saturated heterocycles. The molecule has 0 unspecified atom stereocenters. The van der Waals surface area contributed by atoms with Gasteiger partial charge in [-0.05, 0) is 130 Å². The first-order valence-corrected chi connectivity index (χ1v) is 31.2. The zero-order chi connectivity index (χ0) is 61.8. The summed E-state index contributed by atoms with van der Waals surface area (Å²) < 4.78 is 0. The van der Waals surface area contributed by atoms with E-state index in [1.54, 1.807) is 4.90 Å². The Balaban J connectivity index is 2.22. The van der Waals surface area contributed by atoms with Crippen molar-refractivity contribution >= 4 is 59.6 Å². The summed E-state index contributed by atoms with van der Waals surface area (Å²) in [7, 11) is 0. The molecule has 0 radical (unpaired) electrons. The van der Waals surface area contributed by atoms with Crippen LogP contribution in [0, 0.1) is 17.8 Å². The highest BCUT2D eigenvalue weighted by atomic mass is 16.2. The normalized spacial score (nSPS) is 16.6. The van der Waals surface area contributed by atoms with Crippen molar-refractivity contribution < 1.29 is 47.9 Å². The van der Waals surface area contributed by atoms with Crippen molar-refractivity contribution in [2.24, 2.45) is 17.8 Å². The minimum Gasteiger partial charge on any atom is -0.355 e. The van der Waals surface area contributed by atoms with E-state index in [9.17, 15) is 47.9 Å². The van der Waals surface area contributed by atoms with Crippen LogP contribution >= 0.6 is 0 Å². The number of likely N-dealkylation sites (tertiary alicyclic amines) is 2. The highest BCUT2D eigenvalue weighted by molar-refractivity contribution is 5.99. The molecule has 82 heavy (non-hydrogen) atoms. The topological polar surface area (TPSA) is 277 Å². The van der Waals surface area contributed by atoms with Crippen molar-refractivity contribution in [1.29, 1.82) is 0 Å². The van der Waals surface area contributed by atoms with Crippen LogP contribution in [0.3, 0.4) is 0 Å². The van der Waals surface area contributed by atoms with Gasteiger partial charge in [-0.25, -0.2) is 0 Å². The highest BCUT2D eigenvalue weighted by Crippen LogP contribution is 2.26. The van der Waals surface area contributed by atoms with Crippen LogP contribution < -0.4 is 42.5 Å². The minimum atomic E-state index is -1.63. The fraction of sp³-hybridized carbons (Fsp3) is 0.836. The maximum atomic E-state index is 14.6. The number of amides is 10. The molecule has 2 fully saturated rings. The standard InChI is InChI=1S/C61H111N11O10/c1-15-17-19-20-21-24-28-48(72(41-73)50-29-27-36-71(50)51(75)30-23-18-16-2)55(79)65-47(40-44(7)8)54(78)67-60(11,12)57(81)66-45(38-42(3)4)52(76)64-46(39-43(5)6)53(77)68-61(13,14)58(82)69-59(9,10)56(80)63-32-31-49(74)62-33-37-70-34-25-22-26-35-70/h41-48,50H,15-40H2,1-14H3,(H,62,74)(H,63,80)(H,64,76)(H,65,79)(H,66,81)(H,67,78)(H,68,77)(H,69,82)/t45-,46-,47-,48-,50+/m0/s1. The first kappa shape index (κ1) is 72.8. The zero-order valence-corrected chi connectivity index (χ0v) is 53.0. The van der Waals surface area contributed by atoms with Gasteiger partial charge >= 0.3 is 0 Å². The summed E-state index contributed by atoms with van der Waals surface area (Å²) in [5, 5.41) is 22.4. The number of piperidine rings is 1. The summed E-state index contributed by atoms with van der Waals surface area (Å²) >= 11 is 0. The first-order valence-electron chi connectivity index (χ1n) is 31.2. The molecule has 0 aliphatic carbocycles. The van der Waals surface area contributed by atoms with E-state index in [0.717, 1.165) is 83.8 Å². The second-order valence-electron chi connectivity index (χ2n) is 25.9. The second kappa shape index (κ2) is 36.4. The lowest BCUT2D eigenvalue weighted by molar-refractivity contribution is -0.146. The predicted octanol–water partition coefficient (Wildman–Crippen LogP) is 5.48. The van der Waals surface area contributed by atoms with Crippen molar-refractivity contribution in [3.63, 3.8) is 0 Å². The summed E-state index contributed by atoms with van der Waals surface area (Å²) in [5.74, 6) is -4.93. The Labute approximate surface area is 492 Å². The molecular formula is C61H111N11O10. The van der Waals surface area contributed by atoms with Crippen LogP contribution in [-0.4, -0.2) is 160 Å². The number of carbonyl (C=O) groups is 10. The lowest BCUT2D eigenvalue weighted by Crippen LogP contribution is -2.65. The quantitative estimate of drug-likeness (QED) is 0.0282. The van der Waals surface area contributed by atoms with Crippen molar-refractivity contribution in [2.75, 3.05) is 39.3 Å². The Kier molecular flexibility index (Phi) is 32.3. The minimum absolute atomic E-state index is 0.0481. The van der Waals surface area contributed by atoms with Gasteiger partial charge in [0, 0.05) is 39.0 Å². The average molecular weight is 1160 g/mol. The predicted molar refractivity (Wildman–Crippen MR) is 320 cm³/mol. The molecule has 21 nitrogen and oxygen atoms in total. The molecule has 0 bridgehead atoms. The molecule has 0 aromatic heterocycles. The number of rotatable bonds is 39. The Hall–Kier alpha value is -5.34. The van der Waals surface area contributed by atoms with Crippen molar-refractivity contribution in [2.45, 2.75) is 272 Å². The van der Waals surface area contributed by atoms with Crippen LogP contribution in [0.2, 0.25) is 0 Å². The van der Waals surface area contributed by atoms with Crippen LogP contribution in [0.4, 0.5) is 0 Å². The van der Waals surface area contributed by atoms with Crippen LogP contribution in [0.5, 0.6) is 0 Å². The molecule has 0 aromatic carbocycles. The summed E-state index contributed by atoms with van der Waals surface area (Å²) in [6.07, 6.45) is 14.4. The first-order chi connectivity index (χ1) is 38.5. The van der Waals surface area contributed by atoms with E-state index in [0.29, 0.717) is 51.6 Å². The highest BCUT2D eigenvalue weighted by Gasteiger charge is 2.42. The van der Waals surface area contributed by atoms with E-state index >= 15 is 0 Å². The number of hydrogen-bond donors (Lipinski definition) is 8. The Morgan fingerprint density at radius 3 is 1.57 bits per heavy atom. The molecule has 0 saturated carbocycles. The molecule has 21 heteroatoms.